The lowest BCUT2D eigenvalue weighted by atomic mass is 10.3. The van der Waals surface area contributed by atoms with Crippen molar-refractivity contribution < 1.29 is 4.79 Å². The minimum absolute atomic E-state index is 0.115. The zero-order valence-electron chi connectivity index (χ0n) is 15.3. The average molecular weight is 424 g/mol. The molecule has 0 radical (unpaired) electrons. The van der Waals surface area contributed by atoms with Crippen LogP contribution in [-0.4, -0.2) is 35.4 Å². The molecule has 0 spiro atoms. The molecule has 1 amide bonds. The van der Waals surface area contributed by atoms with Crippen molar-refractivity contribution in [1.29, 1.82) is 0 Å². The first-order chi connectivity index (χ1) is 14.2. The molecule has 0 saturated heterocycles. The maximum absolute atomic E-state index is 12.8. The largest absolute Gasteiger partial charge is 0.342 e. The van der Waals surface area contributed by atoms with E-state index >= 15 is 0 Å². The SMILES string of the molecule is O=C(NCc1n[nH]c(=S)n1C1CC1)c1nc(-c2cccs2)n(-c2ccccc2)n1. The summed E-state index contributed by atoms with van der Waals surface area (Å²) in [5.41, 5.74) is 0.845. The van der Waals surface area contributed by atoms with E-state index in [9.17, 15) is 4.79 Å². The molecule has 5 rings (SSSR count). The summed E-state index contributed by atoms with van der Waals surface area (Å²) in [6, 6.07) is 13.9. The van der Waals surface area contributed by atoms with Gasteiger partial charge in [0, 0.05) is 6.04 Å². The van der Waals surface area contributed by atoms with Gasteiger partial charge in [-0.3, -0.25) is 14.5 Å². The summed E-state index contributed by atoms with van der Waals surface area (Å²) in [5, 5.41) is 16.4. The summed E-state index contributed by atoms with van der Waals surface area (Å²) in [6.07, 6.45) is 2.17. The minimum atomic E-state index is -0.353. The van der Waals surface area contributed by atoms with E-state index in [0.717, 1.165) is 23.4 Å². The van der Waals surface area contributed by atoms with Gasteiger partial charge in [-0.25, -0.2) is 9.67 Å². The van der Waals surface area contributed by atoms with Crippen molar-refractivity contribution >= 4 is 29.5 Å². The number of hydrogen-bond donors (Lipinski definition) is 2. The van der Waals surface area contributed by atoms with Crippen molar-refractivity contribution in [2.45, 2.75) is 25.4 Å². The third kappa shape index (κ3) is 3.52. The van der Waals surface area contributed by atoms with Gasteiger partial charge in [0.2, 0.25) is 5.82 Å². The highest BCUT2D eigenvalue weighted by Crippen LogP contribution is 2.35. The quantitative estimate of drug-likeness (QED) is 0.463. The number of aromatic amines is 1. The van der Waals surface area contributed by atoms with Crippen molar-refractivity contribution in [3.05, 3.63) is 64.3 Å². The fraction of sp³-hybridized carbons (Fsp3) is 0.211. The van der Waals surface area contributed by atoms with Crippen molar-refractivity contribution in [3.63, 3.8) is 0 Å². The molecule has 29 heavy (non-hydrogen) atoms. The zero-order valence-corrected chi connectivity index (χ0v) is 16.9. The van der Waals surface area contributed by atoms with Crippen LogP contribution in [0.5, 0.6) is 0 Å². The minimum Gasteiger partial charge on any atom is -0.342 e. The summed E-state index contributed by atoms with van der Waals surface area (Å²) in [4.78, 5) is 18.2. The highest BCUT2D eigenvalue weighted by molar-refractivity contribution is 7.71. The number of amides is 1. The molecule has 0 aliphatic heterocycles. The number of aromatic nitrogens is 6. The summed E-state index contributed by atoms with van der Waals surface area (Å²) in [6.45, 7) is 0.261. The van der Waals surface area contributed by atoms with E-state index < -0.39 is 0 Å². The van der Waals surface area contributed by atoms with Crippen LogP contribution in [0, 0.1) is 4.77 Å². The first-order valence-corrected chi connectivity index (χ1v) is 10.5. The lowest BCUT2D eigenvalue weighted by Crippen LogP contribution is -2.26. The van der Waals surface area contributed by atoms with Crippen LogP contribution in [0.25, 0.3) is 16.4 Å². The molecule has 0 unspecified atom stereocenters. The molecular weight excluding hydrogens is 406 g/mol. The van der Waals surface area contributed by atoms with Gasteiger partial charge in [0.05, 0.1) is 17.1 Å². The molecule has 3 heterocycles. The molecule has 1 aliphatic rings. The van der Waals surface area contributed by atoms with Gasteiger partial charge in [0.1, 0.15) is 0 Å². The average Bonchev–Trinajstić information content (AvgIpc) is 3.13. The van der Waals surface area contributed by atoms with Crippen LogP contribution in [0.3, 0.4) is 0 Å². The Bertz CT molecular complexity index is 1200. The van der Waals surface area contributed by atoms with Gasteiger partial charge >= 0.3 is 0 Å². The van der Waals surface area contributed by atoms with E-state index in [4.69, 9.17) is 12.2 Å². The molecule has 0 bridgehead atoms. The van der Waals surface area contributed by atoms with Gasteiger partial charge in [-0.15, -0.1) is 16.4 Å². The van der Waals surface area contributed by atoms with Crippen molar-refractivity contribution in [2.24, 2.45) is 0 Å². The van der Waals surface area contributed by atoms with E-state index in [2.05, 4.69) is 25.6 Å². The number of thiophene rings is 1. The van der Waals surface area contributed by atoms with Crippen LogP contribution in [0.15, 0.2) is 47.8 Å². The summed E-state index contributed by atoms with van der Waals surface area (Å²) >= 11 is 6.84. The summed E-state index contributed by atoms with van der Waals surface area (Å²) < 4.78 is 4.26. The highest BCUT2D eigenvalue weighted by atomic mass is 32.1. The van der Waals surface area contributed by atoms with Crippen molar-refractivity contribution in [1.82, 2.24) is 34.8 Å². The third-order valence-electron chi connectivity index (χ3n) is 4.65. The molecule has 0 atom stereocenters. The third-order valence-corrected chi connectivity index (χ3v) is 5.80. The first kappa shape index (κ1) is 18.0. The van der Waals surface area contributed by atoms with E-state index in [1.165, 1.54) is 0 Å². The maximum Gasteiger partial charge on any atom is 0.291 e. The topological polar surface area (TPSA) is 93.4 Å². The van der Waals surface area contributed by atoms with Crippen LogP contribution in [0.2, 0.25) is 0 Å². The first-order valence-electron chi connectivity index (χ1n) is 9.21. The highest BCUT2D eigenvalue weighted by Gasteiger charge is 2.27. The lowest BCUT2D eigenvalue weighted by Gasteiger charge is -2.05. The molecule has 4 aromatic rings. The van der Waals surface area contributed by atoms with Gasteiger partial charge in [-0.05, 0) is 48.6 Å². The zero-order chi connectivity index (χ0) is 19.8. The number of nitrogens with zero attached hydrogens (tertiary/aromatic N) is 5. The van der Waals surface area contributed by atoms with Crippen LogP contribution < -0.4 is 5.32 Å². The Hall–Kier alpha value is -3.11. The Morgan fingerprint density at radius 3 is 2.79 bits per heavy atom. The van der Waals surface area contributed by atoms with Crippen molar-refractivity contribution in [3.8, 4) is 16.4 Å². The number of carbonyl (C=O) groups is 1. The van der Waals surface area contributed by atoms with Gasteiger partial charge in [0.25, 0.3) is 5.91 Å². The molecule has 1 aromatic carbocycles. The molecule has 1 aliphatic carbocycles. The number of rotatable bonds is 6. The normalized spacial score (nSPS) is 13.5. The molecule has 1 saturated carbocycles. The maximum atomic E-state index is 12.8. The number of para-hydroxylation sites is 1. The standard InChI is InChI=1S/C19H17N7OS2/c27-18(20-11-15-22-23-19(28)25(15)12-8-9-12)16-21-17(14-7-4-10-29-14)26(24-16)13-5-2-1-3-6-13/h1-7,10,12H,8-9,11H2,(H,20,27)(H,23,28). The second-order valence-electron chi connectivity index (χ2n) is 6.71. The lowest BCUT2D eigenvalue weighted by molar-refractivity contribution is 0.0939. The molecule has 1 fully saturated rings. The predicted octanol–water partition coefficient (Wildman–Crippen LogP) is 3.51. The summed E-state index contributed by atoms with van der Waals surface area (Å²) in [5.74, 6) is 1.11. The number of H-pyrrole nitrogens is 1. The Morgan fingerprint density at radius 2 is 2.07 bits per heavy atom. The fourth-order valence-corrected chi connectivity index (χ4v) is 4.13. The molecule has 10 heteroatoms. The van der Waals surface area contributed by atoms with Crippen LogP contribution in [0.1, 0.15) is 35.3 Å². The monoisotopic (exact) mass is 423 g/mol. The summed E-state index contributed by atoms with van der Waals surface area (Å²) in [7, 11) is 0. The predicted molar refractivity (Wildman–Crippen MR) is 112 cm³/mol. The van der Waals surface area contributed by atoms with Gasteiger partial charge < -0.3 is 5.32 Å². The molecule has 146 valence electrons. The van der Waals surface area contributed by atoms with Gasteiger partial charge in [0.15, 0.2) is 16.4 Å². The Labute approximate surface area is 175 Å². The molecule has 8 nitrogen and oxygen atoms in total. The van der Waals surface area contributed by atoms with Gasteiger partial charge in [-0.1, -0.05) is 24.3 Å². The Morgan fingerprint density at radius 1 is 1.24 bits per heavy atom. The molecular formula is C19H17N7OS2. The number of benzene rings is 1. The van der Waals surface area contributed by atoms with Crippen LogP contribution >= 0.6 is 23.6 Å². The van der Waals surface area contributed by atoms with Crippen molar-refractivity contribution in [2.75, 3.05) is 0 Å². The van der Waals surface area contributed by atoms with Gasteiger partial charge in [-0.2, -0.15) is 5.10 Å². The number of nitrogens with one attached hydrogen (secondary N) is 2. The smallest absolute Gasteiger partial charge is 0.291 e. The number of carbonyl (C=O) groups excluding carboxylic acids is 1. The fourth-order valence-electron chi connectivity index (χ4n) is 3.13. The molecule has 2 N–H and O–H groups in total. The second-order valence-corrected chi connectivity index (χ2v) is 8.05. The van der Waals surface area contributed by atoms with E-state index in [-0.39, 0.29) is 18.3 Å². The Kier molecular flexibility index (Phi) is 4.57. The number of hydrogen-bond acceptors (Lipinski definition) is 6. The second kappa shape index (κ2) is 7.37. The van der Waals surface area contributed by atoms with E-state index in [0.29, 0.717) is 22.5 Å². The Balaban J connectivity index is 1.42. The van der Waals surface area contributed by atoms with E-state index in [1.807, 2.05) is 52.4 Å². The van der Waals surface area contributed by atoms with Crippen LogP contribution in [0.4, 0.5) is 0 Å². The molecule has 3 aromatic heterocycles. The van der Waals surface area contributed by atoms with Crippen LogP contribution in [-0.2, 0) is 6.54 Å². The van der Waals surface area contributed by atoms with E-state index in [1.54, 1.807) is 16.0 Å².